The van der Waals surface area contributed by atoms with Crippen LogP contribution in [-0.4, -0.2) is 33.2 Å². The van der Waals surface area contributed by atoms with Crippen molar-refractivity contribution in [3.8, 4) is 22.7 Å². The van der Waals surface area contributed by atoms with E-state index in [0.717, 1.165) is 16.8 Å². The molecule has 5 nitrogen and oxygen atoms in total. The monoisotopic (exact) mass is 384 g/mol. The molecule has 0 spiro atoms. The Hall–Kier alpha value is -2.70. The molecule has 6 heteroatoms. The molecule has 0 fully saturated rings. The minimum absolute atomic E-state index is 0.157. The summed E-state index contributed by atoms with van der Waals surface area (Å²) in [5, 5.41) is 24.5. The summed E-state index contributed by atoms with van der Waals surface area (Å²) in [5.74, 6) is -0.327. The molecular weight excluding hydrogens is 359 g/mol. The van der Waals surface area contributed by atoms with Crippen molar-refractivity contribution in [2.24, 2.45) is 0 Å². The largest absolute Gasteiger partial charge is 0.494 e. The summed E-state index contributed by atoms with van der Waals surface area (Å²) < 4.78 is 20.9. The van der Waals surface area contributed by atoms with Gasteiger partial charge in [-0.3, -0.25) is 0 Å². The highest BCUT2D eigenvalue weighted by molar-refractivity contribution is 5.63. The number of halogens is 1. The first-order valence-corrected chi connectivity index (χ1v) is 9.26. The number of aromatic nitrogens is 2. The Morgan fingerprint density at radius 1 is 1.07 bits per heavy atom. The maximum atomic E-state index is 14.3. The van der Waals surface area contributed by atoms with Gasteiger partial charge in [0.05, 0.1) is 36.4 Å². The van der Waals surface area contributed by atoms with Crippen LogP contribution in [0.5, 0.6) is 5.75 Å². The van der Waals surface area contributed by atoms with Gasteiger partial charge in [0, 0.05) is 11.6 Å². The average molecular weight is 384 g/mol. The van der Waals surface area contributed by atoms with Crippen LogP contribution in [0.2, 0.25) is 0 Å². The highest BCUT2D eigenvalue weighted by Crippen LogP contribution is 2.30. The summed E-state index contributed by atoms with van der Waals surface area (Å²) in [4.78, 5) is 0. The molecule has 0 radical (unpaired) electrons. The minimum atomic E-state index is -0.817. The first-order chi connectivity index (χ1) is 13.4. The van der Waals surface area contributed by atoms with E-state index in [2.05, 4.69) is 5.10 Å². The Balaban J connectivity index is 2.05. The highest BCUT2D eigenvalue weighted by Gasteiger charge is 2.18. The van der Waals surface area contributed by atoms with Gasteiger partial charge < -0.3 is 14.9 Å². The third kappa shape index (κ3) is 4.40. The second-order valence-electron chi connectivity index (χ2n) is 6.99. The number of hydrogen-bond donors (Lipinski definition) is 2. The van der Waals surface area contributed by atoms with Gasteiger partial charge >= 0.3 is 0 Å². The molecule has 2 N–H and O–H groups in total. The molecule has 0 aliphatic rings. The van der Waals surface area contributed by atoms with Gasteiger partial charge in [-0.15, -0.1) is 0 Å². The second kappa shape index (κ2) is 8.54. The van der Waals surface area contributed by atoms with Crippen LogP contribution in [0.15, 0.2) is 48.5 Å². The number of aryl methyl sites for hydroxylation is 1. The number of hydrogen-bond acceptors (Lipinski definition) is 4. The SMILES string of the molecule is COc1ccc(-n2nc(C(O)CCC(C)O)cc2-c2ccc(C)cc2)cc1F. The molecule has 148 valence electrons. The normalized spacial score (nSPS) is 13.4. The van der Waals surface area contributed by atoms with Crippen molar-refractivity contribution < 1.29 is 19.3 Å². The first-order valence-electron chi connectivity index (χ1n) is 9.26. The van der Waals surface area contributed by atoms with Crippen molar-refractivity contribution in [3.63, 3.8) is 0 Å². The molecule has 0 saturated carbocycles. The zero-order valence-corrected chi connectivity index (χ0v) is 16.3. The van der Waals surface area contributed by atoms with E-state index in [-0.39, 0.29) is 5.75 Å². The Morgan fingerprint density at radius 2 is 1.79 bits per heavy atom. The van der Waals surface area contributed by atoms with Crippen molar-refractivity contribution >= 4 is 0 Å². The molecule has 2 aromatic carbocycles. The van der Waals surface area contributed by atoms with Gasteiger partial charge in [-0.2, -0.15) is 5.10 Å². The van der Waals surface area contributed by atoms with Gasteiger partial charge in [0.25, 0.3) is 0 Å². The molecular formula is C22H25FN2O3. The average Bonchev–Trinajstić information content (AvgIpc) is 3.12. The summed E-state index contributed by atoms with van der Waals surface area (Å²) in [6.07, 6.45) is -0.462. The Bertz CT molecular complexity index is 935. The predicted octanol–water partition coefficient (Wildman–Crippen LogP) is 4.19. The van der Waals surface area contributed by atoms with Gasteiger partial charge in [-0.25, -0.2) is 9.07 Å². The van der Waals surface area contributed by atoms with Gasteiger partial charge in [0.15, 0.2) is 11.6 Å². The van der Waals surface area contributed by atoms with Crippen LogP contribution >= 0.6 is 0 Å². The lowest BCUT2D eigenvalue weighted by molar-refractivity contribution is 0.120. The smallest absolute Gasteiger partial charge is 0.167 e. The summed E-state index contributed by atoms with van der Waals surface area (Å²) in [7, 11) is 1.42. The van der Waals surface area contributed by atoms with E-state index < -0.39 is 18.0 Å². The lowest BCUT2D eigenvalue weighted by Gasteiger charge is -2.10. The van der Waals surface area contributed by atoms with Crippen LogP contribution in [0.1, 0.15) is 37.1 Å². The van der Waals surface area contributed by atoms with Crippen LogP contribution in [0, 0.1) is 12.7 Å². The van der Waals surface area contributed by atoms with E-state index >= 15 is 0 Å². The molecule has 0 saturated heterocycles. The lowest BCUT2D eigenvalue weighted by Crippen LogP contribution is -2.06. The van der Waals surface area contributed by atoms with E-state index in [1.165, 1.54) is 13.2 Å². The summed E-state index contributed by atoms with van der Waals surface area (Å²) in [6, 6.07) is 14.3. The van der Waals surface area contributed by atoms with Crippen LogP contribution < -0.4 is 4.74 Å². The molecule has 0 amide bonds. The number of ether oxygens (including phenoxy) is 1. The van der Waals surface area contributed by atoms with Crippen LogP contribution in [0.4, 0.5) is 4.39 Å². The van der Waals surface area contributed by atoms with Crippen molar-refractivity contribution in [3.05, 3.63) is 65.6 Å². The summed E-state index contributed by atoms with van der Waals surface area (Å²) in [5.41, 5.74) is 3.79. The fraction of sp³-hybridized carbons (Fsp3) is 0.318. The molecule has 1 heterocycles. The van der Waals surface area contributed by atoms with Crippen molar-refractivity contribution in [2.75, 3.05) is 7.11 Å². The van der Waals surface area contributed by atoms with E-state index in [1.807, 2.05) is 31.2 Å². The lowest BCUT2D eigenvalue weighted by atomic mass is 10.1. The standard InChI is InChI=1S/C22H25FN2O3/c1-14-4-7-16(8-5-14)20-13-19(21(27)10-6-15(2)26)24-25(20)17-9-11-22(28-3)18(23)12-17/h4-5,7-9,11-13,15,21,26-27H,6,10H2,1-3H3. The number of methoxy groups -OCH3 is 1. The van der Waals surface area contributed by atoms with Crippen LogP contribution in [0.25, 0.3) is 16.9 Å². The fourth-order valence-corrected chi connectivity index (χ4v) is 3.02. The summed E-state index contributed by atoms with van der Waals surface area (Å²) in [6.45, 7) is 3.69. The molecule has 0 aliphatic carbocycles. The van der Waals surface area contributed by atoms with Crippen molar-refractivity contribution in [1.29, 1.82) is 0 Å². The van der Waals surface area contributed by atoms with E-state index in [9.17, 15) is 14.6 Å². The number of aliphatic hydroxyl groups is 2. The van der Waals surface area contributed by atoms with Crippen LogP contribution in [0.3, 0.4) is 0 Å². The topological polar surface area (TPSA) is 67.5 Å². The quantitative estimate of drug-likeness (QED) is 0.641. The molecule has 2 atom stereocenters. The van der Waals surface area contributed by atoms with Crippen LogP contribution in [-0.2, 0) is 0 Å². The zero-order valence-electron chi connectivity index (χ0n) is 16.3. The third-order valence-corrected chi connectivity index (χ3v) is 4.65. The van der Waals surface area contributed by atoms with E-state index in [4.69, 9.17) is 4.74 Å². The highest BCUT2D eigenvalue weighted by atomic mass is 19.1. The number of nitrogens with zero attached hydrogens (tertiary/aromatic N) is 2. The molecule has 2 unspecified atom stereocenters. The minimum Gasteiger partial charge on any atom is -0.494 e. The number of aliphatic hydroxyl groups excluding tert-OH is 2. The molecule has 0 bridgehead atoms. The van der Waals surface area contributed by atoms with Crippen molar-refractivity contribution in [2.45, 2.75) is 38.9 Å². The molecule has 28 heavy (non-hydrogen) atoms. The fourth-order valence-electron chi connectivity index (χ4n) is 3.02. The second-order valence-corrected chi connectivity index (χ2v) is 6.99. The maximum absolute atomic E-state index is 14.3. The van der Waals surface area contributed by atoms with Gasteiger partial charge in [0.2, 0.25) is 0 Å². The predicted molar refractivity (Wildman–Crippen MR) is 106 cm³/mol. The maximum Gasteiger partial charge on any atom is 0.167 e. The first kappa shape index (κ1) is 20.0. The number of rotatable bonds is 7. The Labute approximate surface area is 164 Å². The van der Waals surface area contributed by atoms with E-state index in [1.54, 1.807) is 29.8 Å². The van der Waals surface area contributed by atoms with Gasteiger partial charge in [-0.05, 0) is 44.9 Å². The van der Waals surface area contributed by atoms with Crippen molar-refractivity contribution in [1.82, 2.24) is 9.78 Å². The summed E-state index contributed by atoms with van der Waals surface area (Å²) >= 11 is 0. The Morgan fingerprint density at radius 3 is 2.39 bits per heavy atom. The molecule has 1 aromatic heterocycles. The zero-order chi connectivity index (χ0) is 20.3. The number of benzene rings is 2. The third-order valence-electron chi connectivity index (χ3n) is 4.65. The van der Waals surface area contributed by atoms with E-state index in [0.29, 0.717) is 24.2 Å². The van der Waals surface area contributed by atoms with Gasteiger partial charge in [0.1, 0.15) is 0 Å². The molecule has 3 rings (SSSR count). The molecule has 0 aliphatic heterocycles. The molecule has 3 aromatic rings. The Kier molecular flexibility index (Phi) is 6.11. The van der Waals surface area contributed by atoms with Gasteiger partial charge in [-0.1, -0.05) is 29.8 Å².